The van der Waals surface area contributed by atoms with Gasteiger partial charge in [-0.2, -0.15) is 0 Å². The summed E-state index contributed by atoms with van der Waals surface area (Å²) in [5.41, 5.74) is -0.862. The summed E-state index contributed by atoms with van der Waals surface area (Å²) in [5.74, 6) is -1.98. The molecule has 1 unspecified atom stereocenters. The Hall–Kier alpha value is -1.20. The van der Waals surface area contributed by atoms with Crippen LogP contribution in [0.25, 0.3) is 0 Å². The second-order valence-electron chi connectivity index (χ2n) is 4.66. The molecule has 1 aliphatic rings. The van der Waals surface area contributed by atoms with Crippen LogP contribution in [-0.4, -0.2) is 18.0 Å². The van der Waals surface area contributed by atoms with Crippen LogP contribution in [0.1, 0.15) is 26.2 Å². The Balaban J connectivity index is 2.24. The van der Waals surface area contributed by atoms with Gasteiger partial charge in [0.25, 0.3) is 0 Å². The van der Waals surface area contributed by atoms with Gasteiger partial charge in [-0.3, -0.25) is 4.79 Å². The summed E-state index contributed by atoms with van der Waals surface area (Å²) in [4.78, 5) is 12.3. The van der Waals surface area contributed by atoms with E-state index in [1.807, 2.05) is 6.92 Å². The van der Waals surface area contributed by atoms with Crippen LogP contribution in [0.3, 0.4) is 0 Å². The molecule has 1 aromatic carbocycles. The molecule has 1 saturated heterocycles. The zero-order valence-corrected chi connectivity index (χ0v) is 11.3. The number of amides is 1. The lowest BCUT2D eigenvalue weighted by Crippen LogP contribution is -2.50. The summed E-state index contributed by atoms with van der Waals surface area (Å²) in [7, 11) is 0. The van der Waals surface area contributed by atoms with Crippen molar-refractivity contribution in [3.8, 4) is 0 Å². The van der Waals surface area contributed by atoms with Gasteiger partial charge in [0.2, 0.25) is 5.91 Å². The summed E-state index contributed by atoms with van der Waals surface area (Å²) in [5, 5.41) is 5.46. The Morgan fingerprint density at radius 2 is 2.26 bits per heavy atom. The second-order valence-corrected chi connectivity index (χ2v) is 5.07. The number of rotatable bonds is 3. The fraction of sp³-hybridized carbons (Fsp3) is 0.462. The van der Waals surface area contributed by atoms with Gasteiger partial charge < -0.3 is 10.6 Å². The van der Waals surface area contributed by atoms with Crippen molar-refractivity contribution in [2.24, 2.45) is 0 Å². The zero-order chi connectivity index (χ0) is 14.0. The molecule has 19 heavy (non-hydrogen) atoms. The van der Waals surface area contributed by atoms with Gasteiger partial charge in [0, 0.05) is 6.07 Å². The predicted molar refractivity (Wildman–Crippen MR) is 70.3 cm³/mol. The lowest BCUT2D eigenvalue weighted by molar-refractivity contribution is -0.122. The highest BCUT2D eigenvalue weighted by Gasteiger charge is 2.39. The first-order chi connectivity index (χ1) is 8.98. The number of anilines is 1. The van der Waals surface area contributed by atoms with E-state index in [1.54, 1.807) is 0 Å². The van der Waals surface area contributed by atoms with Crippen LogP contribution in [0.4, 0.5) is 14.5 Å². The molecule has 1 heterocycles. The first-order valence-electron chi connectivity index (χ1n) is 6.19. The van der Waals surface area contributed by atoms with Crippen LogP contribution in [-0.2, 0) is 4.79 Å². The van der Waals surface area contributed by atoms with Crippen LogP contribution in [0.5, 0.6) is 0 Å². The molecular formula is C13H15ClF2N2O. The molecule has 3 nitrogen and oxygen atoms in total. The number of hydrogen-bond donors (Lipinski definition) is 2. The molecule has 2 rings (SSSR count). The van der Waals surface area contributed by atoms with Crippen LogP contribution < -0.4 is 10.6 Å². The average molecular weight is 289 g/mol. The van der Waals surface area contributed by atoms with E-state index in [1.165, 1.54) is 0 Å². The maximum Gasteiger partial charge on any atom is 0.244 e. The zero-order valence-electron chi connectivity index (χ0n) is 10.5. The third-order valence-corrected chi connectivity index (χ3v) is 3.83. The van der Waals surface area contributed by atoms with Crippen molar-refractivity contribution in [3.63, 3.8) is 0 Å². The van der Waals surface area contributed by atoms with Gasteiger partial charge in [0.05, 0.1) is 16.2 Å². The molecule has 0 radical (unpaired) electrons. The van der Waals surface area contributed by atoms with Crippen molar-refractivity contribution in [1.29, 1.82) is 0 Å². The highest BCUT2D eigenvalue weighted by molar-refractivity contribution is 6.33. The summed E-state index contributed by atoms with van der Waals surface area (Å²) < 4.78 is 26.6. The Bertz CT molecular complexity index is 478. The summed E-state index contributed by atoms with van der Waals surface area (Å²) in [6.07, 6.45) is 2.18. The molecule has 1 atom stereocenters. The topological polar surface area (TPSA) is 41.1 Å². The second kappa shape index (κ2) is 5.43. The van der Waals surface area contributed by atoms with Crippen LogP contribution in [0.15, 0.2) is 12.1 Å². The summed E-state index contributed by atoms with van der Waals surface area (Å²) in [6.45, 7) is 2.64. The van der Waals surface area contributed by atoms with Gasteiger partial charge in [-0.25, -0.2) is 8.78 Å². The molecule has 6 heteroatoms. The first-order valence-corrected chi connectivity index (χ1v) is 6.57. The monoisotopic (exact) mass is 288 g/mol. The minimum absolute atomic E-state index is 0.143. The number of nitrogens with one attached hydrogen (secondary N) is 2. The lowest BCUT2D eigenvalue weighted by atomic mass is 9.93. The smallest absolute Gasteiger partial charge is 0.244 e. The third-order valence-electron chi connectivity index (χ3n) is 3.53. The van der Waals surface area contributed by atoms with Crippen molar-refractivity contribution in [2.45, 2.75) is 31.7 Å². The molecule has 0 spiro atoms. The minimum atomic E-state index is -0.873. The minimum Gasteiger partial charge on any atom is -0.321 e. The van der Waals surface area contributed by atoms with E-state index in [0.29, 0.717) is 18.9 Å². The number of hydrogen-bond acceptors (Lipinski definition) is 2. The standard InChI is InChI=1S/C13H15ClF2N2O/c1-2-13(4-3-5-17-13)12(19)18-11-9(14)6-8(15)7-10(11)16/h6-7,17H,2-5H2,1H3,(H,18,19). The average Bonchev–Trinajstić information content (AvgIpc) is 2.83. The molecule has 0 aliphatic carbocycles. The lowest BCUT2D eigenvalue weighted by Gasteiger charge is -2.27. The molecule has 104 valence electrons. The highest BCUT2D eigenvalue weighted by Crippen LogP contribution is 2.30. The van der Waals surface area contributed by atoms with E-state index in [4.69, 9.17) is 11.6 Å². The molecular weight excluding hydrogens is 274 g/mol. The third kappa shape index (κ3) is 2.72. The Kier molecular flexibility index (Phi) is 4.06. The molecule has 2 N–H and O–H groups in total. The Labute approximate surface area is 115 Å². The largest absolute Gasteiger partial charge is 0.321 e. The number of carbonyl (C=O) groups excluding carboxylic acids is 1. The number of carbonyl (C=O) groups is 1. The number of benzene rings is 1. The van der Waals surface area contributed by atoms with Crippen LogP contribution >= 0.6 is 11.6 Å². The predicted octanol–water partition coefficient (Wildman–Crippen LogP) is 3.09. The van der Waals surface area contributed by atoms with E-state index in [2.05, 4.69) is 10.6 Å². The SMILES string of the molecule is CCC1(C(=O)Nc2c(F)cc(F)cc2Cl)CCCN1. The van der Waals surface area contributed by atoms with Crippen molar-refractivity contribution < 1.29 is 13.6 Å². The van der Waals surface area contributed by atoms with Gasteiger partial charge in [-0.1, -0.05) is 18.5 Å². The van der Waals surface area contributed by atoms with E-state index in [-0.39, 0.29) is 16.6 Å². The first kappa shape index (κ1) is 14.2. The van der Waals surface area contributed by atoms with Crippen molar-refractivity contribution >= 4 is 23.2 Å². The molecule has 1 aliphatic heterocycles. The molecule has 1 aromatic rings. The summed E-state index contributed by atoms with van der Waals surface area (Å²) >= 11 is 5.76. The Morgan fingerprint density at radius 1 is 1.53 bits per heavy atom. The number of halogens is 3. The molecule has 1 amide bonds. The molecule has 1 fully saturated rings. The fourth-order valence-corrected chi connectivity index (χ4v) is 2.60. The van der Waals surface area contributed by atoms with Crippen LogP contribution in [0.2, 0.25) is 5.02 Å². The fourth-order valence-electron chi connectivity index (χ4n) is 2.36. The van der Waals surface area contributed by atoms with E-state index < -0.39 is 17.2 Å². The molecule has 0 saturated carbocycles. The Morgan fingerprint density at radius 3 is 2.79 bits per heavy atom. The van der Waals surface area contributed by atoms with Gasteiger partial charge >= 0.3 is 0 Å². The van der Waals surface area contributed by atoms with Crippen molar-refractivity contribution in [1.82, 2.24) is 5.32 Å². The quantitative estimate of drug-likeness (QED) is 0.897. The van der Waals surface area contributed by atoms with E-state index in [9.17, 15) is 13.6 Å². The summed E-state index contributed by atoms with van der Waals surface area (Å²) in [6, 6.07) is 1.67. The van der Waals surface area contributed by atoms with E-state index in [0.717, 1.165) is 19.0 Å². The van der Waals surface area contributed by atoms with Gasteiger partial charge in [0.15, 0.2) is 5.82 Å². The van der Waals surface area contributed by atoms with Gasteiger partial charge in [0.1, 0.15) is 5.82 Å². The highest BCUT2D eigenvalue weighted by atomic mass is 35.5. The van der Waals surface area contributed by atoms with Crippen molar-refractivity contribution in [3.05, 3.63) is 28.8 Å². The van der Waals surface area contributed by atoms with Crippen LogP contribution in [0, 0.1) is 11.6 Å². The van der Waals surface area contributed by atoms with E-state index >= 15 is 0 Å². The molecule has 0 aromatic heterocycles. The van der Waals surface area contributed by atoms with Crippen molar-refractivity contribution in [2.75, 3.05) is 11.9 Å². The normalized spacial score (nSPS) is 22.5. The molecule has 0 bridgehead atoms. The maximum atomic E-state index is 13.6. The van der Waals surface area contributed by atoms with Gasteiger partial charge in [-0.15, -0.1) is 0 Å². The van der Waals surface area contributed by atoms with Gasteiger partial charge in [-0.05, 0) is 31.9 Å². The maximum absolute atomic E-state index is 13.6.